The molecule has 0 bridgehead atoms. The molecule has 0 unspecified atom stereocenters. The van der Waals surface area contributed by atoms with Gasteiger partial charge in [-0.05, 0) is 18.3 Å². The molecule has 2 fully saturated rings. The first-order chi connectivity index (χ1) is 6.76. The number of nitrogens with zero attached hydrogens (tertiary/aromatic N) is 1. The number of rotatable bonds is 2. The molecule has 2 rings (SSSR count). The maximum atomic E-state index is 11.5. The Labute approximate surface area is 89.8 Å². The number of alkyl halides is 1. The van der Waals surface area contributed by atoms with E-state index in [1.807, 2.05) is 4.90 Å². The van der Waals surface area contributed by atoms with Gasteiger partial charge in [-0.3, -0.25) is 4.79 Å². The van der Waals surface area contributed by atoms with Gasteiger partial charge in [0.05, 0.1) is 0 Å². The average Bonchev–Trinajstić information content (AvgIpc) is 2.16. The number of hydrogen-bond donors (Lipinski definition) is 1. The minimum Gasteiger partial charge on any atom is -0.343 e. The number of amides is 1. The minimum atomic E-state index is 0.224. The molecule has 0 aromatic heterocycles. The Morgan fingerprint density at radius 3 is 2.43 bits per heavy atom. The molecular weight excluding hydrogens is 200 g/mol. The van der Waals surface area contributed by atoms with Crippen molar-refractivity contribution in [2.24, 2.45) is 5.41 Å². The van der Waals surface area contributed by atoms with Crippen molar-refractivity contribution in [2.75, 3.05) is 32.1 Å². The summed E-state index contributed by atoms with van der Waals surface area (Å²) in [7, 11) is 0. The molecule has 2 saturated heterocycles. The highest BCUT2D eigenvalue weighted by Gasteiger charge is 2.40. The first kappa shape index (κ1) is 10.2. The Bertz CT molecular complexity index is 218. The van der Waals surface area contributed by atoms with Crippen LogP contribution in [0.25, 0.3) is 0 Å². The predicted octanol–water partition coefficient (Wildman–Crippen LogP) is 0.827. The van der Waals surface area contributed by atoms with Crippen LogP contribution in [0.4, 0.5) is 0 Å². The van der Waals surface area contributed by atoms with E-state index >= 15 is 0 Å². The molecule has 4 heteroatoms. The summed E-state index contributed by atoms with van der Waals surface area (Å²) in [5.74, 6) is 0.671. The summed E-state index contributed by atoms with van der Waals surface area (Å²) < 4.78 is 0. The van der Waals surface area contributed by atoms with E-state index in [-0.39, 0.29) is 5.91 Å². The van der Waals surface area contributed by atoms with E-state index in [1.54, 1.807) is 0 Å². The van der Waals surface area contributed by atoms with Gasteiger partial charge in [0.15, 0.2) is 0 Å². The topological polar surface area (TPSA) is 32.3 Å². The van der Waals surface area contributed by atoms with Crippen molar-refractivity contribution in [3.05, 3.63) is 0 Å². The molecular formula is C10H17ClN2O. The lowest BCUT2D eigenvalue weighted by atomic mass is 9.73. The normalized spacial score (nSPS) is 24.8. The summed E-state index contributed by atoms with van der Waals surface area (Å²) in [5, 5.41) is 3.32. The van der Waals surface area contributed by atoms with E-state index in [2.05, 4.69) is 5.32 Å². The number of carbonyl (C=O) groups excluding carboxylic acids is 1. The molecule has 1 N–H and O–H groups in total. The number of piperidine rings is 1. The Morgan fingerprint density at radius 2 is 2.00 bits per heavy atom. The molecule has 0 radical (unpaired) electrons. The lowest BCUT2D eigenvalue weighted by Crippen LogP contribution is -2.58. The SMILES string of the molecule is O=C(CCCl)N1CCC2(CC1)CNC2. The van der Waals surface area contributed by atoms with E-state index in [4.69, 9.17) is 11.6 Å². The Kier molecular flexibility index (Phi) is 2.98. The zero-order chi connectivity index (χ0) is 10.0. The third kappa shape index (κ3) is 1.89. The highest BCUT2D eigenvalue weighted by Crippen LogP contribution is 2.34. The summed E-state index contributed by atoms with van der Waals surface area (Å²) >= 11 is 5.55. The van der Waals surface area contributed by atoms with Crippen LogP contribution in [0.3, 0.4) is 0 Å². The molecule has 80 valence electrons. The van der Waals surface area contributed by atoms with E-state index in [0.717, 1.165) is 39.0 Å². The number of hydrogen-bond acceptors (Lipinski definition) is 2. The summed E-state index contributed by atoms with van der Waals surface area (Å²) in [6.45, 7) is 4.14. The Morgan fingerprint density at radius 1 is 1.36 bits per heavy atom. The number of likely N-dealkylation sites (tertiary alicyclic amines) is 1. The minimum absolute atomic E-state index is 0.224. The quantitative estimate of drug-likeness (QED) is 0.694. The molecule has 0 atom stereocenters. The molecule has 0 aromatic carbocycles. The fraction of sp³-hybridized carbons (Fsp3) is 0.900. The van der Waals surface area contributed by atoms with Crippen LogP contribution in [0.2, 0.25) is 0 Å². The monoisotopic (exact) mass is 216 g/mol. The maximum Gasteiger partial charge on any atom is 0.223 e. The third-order valence-corrected chi connectivity index (χ3v) is 3.67. The van der Waals surface area contributed by atoms with Crippen molar-refractivity contribution in [2.45, 2.75) is 19.3 Å². The highest BCUT2D eigenvalue weighted by atomic mass is 35.5. The first-order valence-corrected chi connectivity index (χ1v) is 5.84. The van der Waals surface area contributed by atoms with Crippen LogP contribution < -0.4 is 5.32 Å². The zero-order valence-electron chi connectivity index (χ0n) is 8.39. The van der Waals surface area contributed by atoms with Gasteiger partial charge in [0.2, 0.25) is 5.91 Å². The molecule has 2 aliphatic heterocycles. The first-order valence-electron chi connectivity index (χ1n) is 5.30. The van der Waals surface area contributed by atoms with Crippen LogP contribution in [0.15, 0.2) is 0 Å². The van der Waals surface area contributed by atoms with Gasteiger partial charge in [0.25, 0.3) is 0 Å². The molecule has 0 aliphatic carbocycles. The molecule has 2 heterocycles. The summed E-state index contributed by atoms with van der Waals surface area (Å²) in [4.78, 5) is 13.5. The summed E-state index contributed by atoms with van der Waals surface area (Å²) in [6, 6.07) is 0. The van der Waals surface area contributed by atoms with Gasteiger partial charge in [-0.25, -0.2) is 0 Å². The van der Waals surface area contributed by atoms with Gasteiger partial charge in [-0.1, -0.05) is 0 Å². The number of halogens is 1. The van der Waals surface area contributed by atoms with Crippen molar-refractivity contribution in [3.63, 3.8) is 0 Å². The Hall–Kier alpha value is -0.280. The number of carbonyl (C=O) groups is 1. The molecule has 0 aromatic rings. The standard InChI is InChI=1S/C10H17ClN2O/c11-4-1-9(14)13-5-2-10(3-6-13)7-12-8-10/h12H,1-8H2. The molecule has 1 spiro atoms. The fourth-order valence-corrected chi connectivity index (χ4v) is 2.46. The van der Waals surface area contributed by atoms with Gasteiger partial charge in [-0.2, -0.15) is 0 Å². The van der Waals surface area contributed by atoms with Crippen LogP contribution in [0.5, 0.6) is 0 Å². The van der Waals surface area contributed by atoms with Crippen molar-refractivity contribution in [1.29, 1.82) is 0 Å². The molecule has 1 amide bonds. The van der Waals surface area contributed by atoms with E-state index in [1.165, 1.54) is 0 Å². The van der Waals surface area contributed by atoms with Gasteiger partial charge < -0.3 is 10.2 Å². The van der Waals surface area contributed by atoms with Crippen molar-refractivity contribution in [3.8, 4) is 0 Å². The Balaban J connectivity index is 1.80. The van der Waals surface area contributed by atoms with Gasteiger partial charge in [-0.15, -0.1) is 11.6 Å². The fourth-order valence-electron chi connectivity index (χ4n) is 2.30. The zero-order valence-corrected chi connectivity index (χ0v) is 9.15. The van der Waals surface area contributed by atoms with E-state index < -0.39 is 0 Å². The van der Waals surface area contributed by atoms with Gasteiger partial charge in [0.1, 0.15) is 0 Å². The van der Waals surface area contributed by atoms with E-state index in [9.17, 15) is 4.79 Å². The lowest BCUT2D eigenvalue weighted by molar-refractivity contribution is -0.133. The van der Waals surface area contributed by atoms with Crippen molar-refractivity contribution < 1.29 is 4.79 Å². The second kappa shape index (κ2) is 4.07. The van der Waals surface area contributed by atoms with Crippen LogP contribution in [-0.2, 0) is 4.79 Å². The van der Waals surface area contributed by atoms with Crippen LogP contribution in [0, 0.1) is 5.41 Å². The average molecular weight is 217 g/mol. The van der Waals surface area contributed by atoms with E-state index in [0.29, 0.717) is 17.7 Å². The molecule has 14 heavy (non-hydrogen) atoms. The predicted molar refractivity (Wildman–Crippen MR) is 56.5 cm³/mol. The summed E-state index contributed by atoms with van der Waals surface area (Å²) in [5.41, 5.74) is 0.526. The number of nitrogens with one attached hydrogen (secondary N) is 1. The van der Waals surface area contributed by atoms with Crippen LogP contribution >= 0.6 is 11.6 Å². The second-order valence-corrected chi connectivity index (χ2v) is 4.80. The van der Waals surface area contributed by atoms with Crippen LogP contribution in [0.1, 0.15) is 19.3 Å². The maximum absolute atomic E-state index is 11.5. The highest BCUT2D eigenvalue weighted by molar-refractivity contribution is 6.18. The molecule has 3 nitrogen and oxygen atoms in total. The third-order valence-electron chi connectivity index (χ3n) is 3.49. The summed E-state index contributed by atoms with van der Waals surface area (Å²) in [6.07, 6.45) is 2.81. The van der Waals surface area contributed by atoms with Crippen molar-refractivity contribution >= 4 is 17.5 Å². The molecule has 2 aliphatic rings. The van der Waals surface area contributed by atoms with Crippen LogP contribution in [-0.4, -0.2) is 42.9 Å². The van der Waals surface area contributed by atoms with Gasteiger partial charge >= 0.3 is 0 Å². The van der Waals surface area contributed by atoms with Gasteiger partial charge in [0, 0.05) is 38.5 Å². The largest absolute Gasteiger partial charge is 0.343 e. The smallest absolute Gasteiger partial charge is 0.223 e. The second-order valence-electron chi connectivity index (χ2n) is 4.42. The van der Waals surface area contributed by atoms with Crippen molar-refractivity contribution in [1.82, 2.24) is 10.2 Å². The lowest BCUT2D eigenvalue weighted by Gasteiger charge is -2.48. The molecule has 0 saturated carbocycles.